The predicted molar refractivity (Wildman–Crippen MR) is 135 cm³/mol. The highest BCUT2D eigenvalue weighted by molar-refractivity contribution is 9.10. The topological polar surface area (TPSA) is 105 Å². The Bertz CT molecular complexity index is 1380. The monoisotopic (exact) mass is 559 g/mol. The number of ether oxygens (including phenoxy) is 2. The van der Waals surface area contributed by atoms with Crippen molar-refractivity contribution in [1.82, 2.24) is 10.1 Å². The Balaban J connectivity index is 2.13. The molecule has 1 amide bonds. The first-order chi connectivity index (χ1) is 16.8. The number of nitrogens with one attached hydrogen (secondary N) is 1. The molecule has 2 heterocycles. The zero-order valence-electron chi connectivity index (χ0n) is 19.6. The van der Waals surface area contributed by atoms with E-state index in [1.54, 1.807) is 61.4 Å². The molecule has 0 radical (unpaired) electrons. The van der Waals surface area contributed by atoms with E-state index in [-0.39, 0.29) is 35.8 Å². The number of aromatic amines is 1. The third-order valence-corrected chi connectivity index (χ3v) is 6.60. The van der Waals surface area contributed by atoms with Crippen LogP contribution in [0.15, 0.2) is 50.8 Å². The van der Waals surface area contributed by atoms with Crippen LogP contribution in [0.2, 0.25) is 0 Å². The lowest BCUT2D eigenvalue weighted by Gasteiger charge is -2.32. The molecule has 0 bridgehead atoms. The second-order valence-electron chi connectivity index (χ2n) is 7.62. The van der Waals surface area contributed by atoms with E-state index in [4.69, 9.17) is 9.47 Å². The maximum atomic E-state index is 13.4. The summed E-state index contributed by atoms with van der Waals surface area (Å²) in [4.78, 5) is 43.5. The van der Waals surface area contributed by atoms with Crippen LogP contribution in [0.3, 0.4) is 0 Å². The predicted octanol–water partition coefficient (Wildman–Crippen LogP) is 3.84. The average Bonchev–Trinajstić information content (AvgIpc) is 2.87. The summed E-state index contributed by atoms with van der Waals surface area (Å²) in [5, 5.41) is 5.05. The molecule has 2 aromatic carbocycles. The van der Waals surface area contributed by atoms with Gasteiger partial charge in [-0.05, 0) is 35.2 Å². The number of anilines is 1. The largest absolute Gasteiger partial charge is 0.493 e. The SMILES string of the molecule is CCC(=O)Oc1c(OC)cc(Br)cc1[C@@H]1N(C(=O)CC)c2ccccc2-c2c(=O)[nH]c(SC)n[n+]21. The Hall–Kier alpha value is -3.18. The number of rotatable bonds is 6. The summed E-state index contributed by atoms with van der Waals surface area (Å²) in [5.74, 6) is -0.200. The normalized spacial score (nSPS) is 14.2. The van der Waals surface area contributed by atoms with Gasteiger partial charge in [0.15, 0.2) is 11.5 Å². The van der Waals surface area contributed by atoms with Gasteiger partial charge in [0.05, 0.1) is 23.9 Å². The molecule has 1 atom stereocenters. The maximum Gasteiger partial charge on any atom is 0.325 e. The molecule has 182 valence electrons. The van der Waals surface area contributed by atoms with Crippen LogP contribution in [-0.2, 0) is 9.59 Å². The van der Waals surface area contributed by atoms with Crippen LogP contribution in [0.25, 0.3) is 11.3 Å². The van der Waals surface area contributed by atoms with E-state index >= 15 is 0 Å². The van der Waals surface area contributed by atoms with Crippen molar-refractivity contribution in [1.29, 1.82) is 0 Å². The molecule has 3 aromatic rings. The first-order valence-electron chi connectivity index (χ1n) is 10.9. The zero-order chi connectivity index (χ0) is 25.3. The first kappa shape index (κ1) is 24.9. The minimum Gasteiger partial charge on any atom is -0.493 e. The molecule has 1 N–H and O–H groups in total. The molecule has 1 aliphatic rings. The number of benzene rings is 2. The fourth-order valence-corrected chi connectivity index (χ4v) is 4.83. The second-order valence-corrected chi connectivity index (χ2v) is 9.33. The standard InChI is InChI=1S/C24H23BrN4O5S/c1-5-18(30)28-16-10-8-7-9-14(16)20-22(32)26-24(35-4)27-29(20)23(28)15-11-13(25)12-17(33-3)21(15)34-19(31)6-2/h7-12,23H,5-6H2,1-4H3/p+1/t23-/m1/s1. The number of fused-ring (bicyclic) bond motifs is 3. The summed E-state index contributed by atoms with van der Waals surface area (Å²) < 4.78 is 13.4. The van der Waals surface area contributed by atoms with Crippen molar-refractivity contribution in [3.8, 4) is 22.8 Å². The first-order valence-corrected chi connectivity index (χ1v) is 13.0. The number of nitrogens with zero attached hydrogens (tertiary/aromatic N) is 3. The molecule has 0 saturated heterocycles. The number of esters is 1. The van der Waals surface area contributed by atoms with Crippen molar-refractivity contribution in [2.75, 3.05) is 18.3 Å². The van der Waals surface area contributed by atoms with E-state index in [0.717, 1.165) is 0 Å². The van der Waals surface area contributed by atoms with Crippen molar-refractivity contribution >= 4 is 45.3 Å². The van der Waals surface area contributed by atoms with Gasteiger partial charge in [0.1, 0.15) is 0 Å². The van der Waals surface area contributed by atoms with Crippen LogP contribution >= 0.6 is 27.7 Å². The number of hydrogen-bond donors (Lipinski definition) is 1. The molecule has 1 aromatic heterocycles. The number of halogens is 1. The fourth-order valence-electron chi connectivity index (χ4n) is 4.01. The van der Waals surface area contributed by atoms with E-state index in [0.29, 0.717) is 32.2 Å². The van der Waals surface area contributed by atoms with Gasteiger partial charge in [-0.25, -0.2) is 4.90 Å². The summed E-state index contributed by atoms with van der Waals surface area (Å²) >= 11 is 4.77. The van der Waals surface area contributed by atoms with Gasteiger partial charge in [0.2, 0.25) is 11.1 Å². The van der Waals surface area contributed by atoms with Crippen molar-refractivity contribution in [2.24, 2.45) is 0 Å². The Morgan fingerprint density at radius 3 is 2.63 bits per heavy atom. The highest BCUT2D eigenvalue weighted by Gasteiger charge is 2.47. The number of carbonyl (C=O) groups excluding carboxylic acids is 2. The summed E-state index contributed by atoms with van der Waals surface area (Å²) in [6, 6.07) is 10.6. The molecule has 0 unspecified atom stereocenters. The van der Waals surface area contributed by atoms with Crippen LogP contribution in [0.4, 0.5) is 5.69 Å². The molecular weight excluding hydrogens is 536 g/mol. The number of carbonyl (C=O) groups is 2. The Morgan fingerprint density at radius 2 is 1.97 bits per heavy atom. The minimum atomic E-state index is -0.924. The van der Waals surface area contributed by atoms with Crippen LogP contribution < -0.4 is 24.6 Å². The second kappa shape index (κ2) is 10.2. The van der Waals surface area contributed by atoms with E-state index in [1.807, 2.05) is 0 Å². The molecule has 0 saturated carbocycles. The smallest absolute Gasteiger partial charge is 0.325 e. The van der Waals surface area contributed by atoms with Gasteiger partial charge < -0.3 is 9.47 Å². The lowest BCUT2D eigenvalue weighted by Crippen LogP contribution is -2.61. The van der Waals surface area contributed by atoms with Crippen molar-refractivity contribution < 1.29 is 23.7 Å². The molecule has 0 spiro atoms. The summed E-state index contributed by atoms with van der Waals surface area (Å²) in [7, 11) is 1.47. The molecular formula is C24H24BrN4O5S+. The van der Waals surface area contributed by atoms with Crippen molar-refractivity contribution in [2.45, 2.75) is 38.0 Å². The molecule has 0 aliphatic carbocycles. The van der Waals surface area contributed by atoms with E-state index in [1.165, 1.54) is 23.6 Å². The quantitative estimate of drug-likeness (QED) is 0.212. The van der Waals surface area contributed by atoms with Crippen LogP contribution in [-0.4, -0.2) is 35.3 Å². The van der Waals surface area contributed by atoms with Crippen molar-refractivity contribution in [3.05, 3.63) is 56.8 Å². The fraction of sp³-hybridized carbons (Fsp3) is 0.292. The van der Waals surface area contributed by atoms with Crippen molar-refractivity contribution in [3.63, 3.8) is 0 Å². The third kappa shape index (κ3) is 4.45. The van der Waals surface area contributed by atoms with Gasteiger partial charge in [-0.3, -0.25) is 19.4 Å². The summed E-state index contributed by atoms with van der Waals surface area (Å²) in [5.41, 5.74) is 1.50. The number of thioether (sulfide) groups is 1. The van der Waals surface area contributed by atoms with Gasteiger partial charge >= 0.3 is 17.2 Å². The molecule has 9 nitrogen and oxygen atoms in total. The number of para-hydroxylation sites is 1. The molecule has 35 heavy (non-hydrogen) atoms. The summed E-state index contributed by atoms with van der Waals surface area (Å²) in [6.07, 6.45) is 1.21. The zero-order valence-corrected chi connectivity index (χ0v) is 22.0. The highest BCUT2D eigenvalue weighted by atomic mass is 79.9. The summed E-state index contributed by atoms with van der Waals surface area (Å²) in [6.45, 7) is 3.45. The van der Waals surface area contributed by atoms with E-state index < -0.39 is 12.1 Å². The van der Waals surface area contributed by atoms with Gasteiger partial charge in [0.25, 0.3) is 6.17 Å². The van der Waals surface area contributed by atoms with Gasteiger partial charge in [-0.1, -0.05) is 53.7 Å². The number of methoxy groups -OCH3 is 1. The third-order valence-electron chi connectivity index (χ3n) is 5.57. The number of aromatic nitrogens is 3. The van der Waals surface area contributed by atoms with Crippen LogP contribution in [0.1, 0.15) is 38.4 Å². The van der Waals surface area contributed by atoms with E-state index in [9.17, 15) is 14.4 Å². The Kier molecular flexibility index (Phi) is 7.27. The Labute approximate surface area is 214 Å². The molecule has 4 rings (SSSR count). The lowest BCUT2D eigenvalue weighted by molar-refractivity contribution is -0.763. The number of H-pyrrole nitrogens is 1. The van der Waals surface area contributed by atoms with Crippen LogP contribution in [0, 0.1) is 0 Å². The molecule has 1 aliphatic heterocycles. The van der Waals surface area contributed by atoms with Gasteiger partial charge in [0, 0.05) is 22.4 Å². The molecule has 0 fully saturated rings. The molecule has 11 heteroatoms. The minimum absolute atomic E-state index is 0.141. The van der Waals surface area contributed by atoms with E-state index in [2.05, 4.69) is 26.0 Å². The highest BCUT2D eigenvalue weighted by Crippen LogP contribution is 2.44. The maximum absolute atomic E-state index is 13.4. The number of hydrogen-bond acceptors (Lipinski definition) is 7. The van der Waals surface area contributed by atoms with Gasteiger partial charge in [-0.15, -0.1) is 0 Å². The van der Waals surface area contributed by atoms with Gasteiger partial charge in [-0.2, -0.15) is 0 Å². The number of amides is 1. The average molecular weight is 560 g/mol. The lowest BCUT2D eigenvalue weighted by atomic mass is 10.00. The Morgan fingerprint density at radius 1 is 1.23 bits per heavy atom. The van der Waals surface area contributed by atoms with Crippen LogP contribution in [0.5, 0.6) is 11.5 Å².